The standard InChI is InChI=1S/C8H14F2N2/c1-5(2)7(12-3)6(4-11)8(9)10/h4-5,8H,11H2,1-3H3/b6-4+,12-7?. The number of halogens is 2. The molecule has 0 saturated carbocycles. The second kappa shape index (κ2) is 4.85. The zero-order chi connectivity index (χ0) is 9.72. The third-order valence-electron chi connectivity index (χ3n) is 1.50. The first-order valence-electron chi connectivity index (χ1n) is 3.71. The van der Waals surface area contributed by atoms with Crippen molar-refractivity contribution in [2.75, 3.05) is 7.05 Å². The molecule has 0 atom stereocenters. The summed E-state index contributed by atoms with van der Waals surface area (Å²) in [4.78, 5) is 3.77. The lowest BCUT2D eigenvalue weighted by Crippen LogP contribution is -2.17. The van der Waals surface area contributed by atoms with Gasteiger partial charge in [-0.25, -0.2) is 8.78 Å². The number of aliphatic imine (C=N–C) groups is 1. The van der Waals surface area contributed by atoms with E-state index in [0.29, 0.717) is 5.71 Å². The summed E-state index contributed by atoms with van der Waals surface area (Å²) in [6, 6.07) is 0. The van der Waals surface area contributed by atoms with Gasteiger partial charge in [-0.15, -0.1) is 0 Å². The van der Waals surface area contributed by atoms with Crippen LogP contribution in [0.25, 0.3) is 0 Å². The van der Waals surface area contributed by atoms with Gasteiger partial charge in [0.2, 0.25) is 0 Å². The van der Waals surface area contributed by atoms with Gasteiger partial charge in [0.05, 0.1) is 5.57 Å². The second-order valence-corrected chi connectivity index (χ2v) is 2.69. The molecular formula is C8H14F2N2. The maximum absolute atomic E-state index is 12.3. The minimum Gasteiger partial charge on any atom is -0.404 e. The molecular weight excluding hydrogens is 162 g/mol. The molecule has 0 saturated heterocycles. The number of allylic oxidation sites excluding steroid dienone is 1. The average Bonchev–Trinajstić information content (AvgIpc) is 1.98. The molecule has 70 valence electrons. The number of hydrogen-bond acceptors (Lipinski definition) is 2. The van der Waals surface area contributed by atoms with Crippen LogP contribution in [0, 0.1) is 5.92 Å². The van der Waals surface area contributed by atoms with Gasteiger partial charge in [0, 0.05) is 19.0 Å². The molecule has 0 bridgehead atoms. The second-order valence-electron chi connectivity index (χ2n) is 2.69. The summed E-state index contributed by atoms with van der Waals surface area (Å²) in [7, 11) is 1.49. The highest BCUT2D eigenvalue weighted by Crippen LogP contribution is 2.14. The summed E-state index contributed by atoms with van der Waals surface area (Å²) in [6.07, 6.45) is -1.62. The molecule has 0 spiro atoms. The van der Waals surface area contributed by atoms with Crippen LogP contribution in [-0.2, 0) is 0 Å². The first-order chi connectivity index (χ1) is 5.54. The van der Waals surface area contributed by atoms with E-state index < -0.39 is 6.43 Å². The lowest BCUT2D eigenvalue weighted by molar-refractivity contribution is 0.196. The third-order valence-corrected chi connectivity index (χ3v) is 1.50. The first-order valence-corrected chi connectivity index (χ1v) is 3.71. The highest BCUT2D eigenvalue weighted by molar-refractivity contribution is 6.01. The summed E-state index contributed by atoms with van der Waals surface area (Å²) in [6.45, 7) is 3.60. The Balaban J connectivity index is 4.73. The molecule has 0 unspecified atom stereocenters. The van der Waals surface area contributed by atoms with E-state index in [1.165, 1.54) is 7.05 Å². The van der Waals surface area contributed by atoms with Gasteiger partial charge in [0.1, 0.15) is 0 Å². The van der Waals surface area contributed by atoms with Crippen molar-refractivity contribution in [2.45, 2.75) is 20.3 Å². The maximum atomic E-state index is 12.3. The van der Waals surface area contributed by atoms with Crippen LogP contribution < -0.4 is 5.73 Å². The normalized spacial score (nSPS) is 14.6. The highest BCUT2D eigenvalue weighted by Gasteiger charge is 2.18. The van der Waals surface area contributed by atoms with E-state index in [1.807, 2.05) is 0 Å². The summed E-state index contributed by atoms with van der Waals surface area (Å²) in [5.74, 6) is -0.0289. The summed E-state index contributed by atoms with van der Waals surface area (Å²) in [5, 5.41) is 0. The number of alkyl halides is 2. The van der Waals surface area contributed by atoms with Crippen molar-refractivity contribution < 1.29 is 8.78 Å². The van der Waals surface area contributed by atoms with Crippen LogP contribution in [0.3, 0.4) is 0 Å². The van der Waals surface area contributed by atoms with E-state index in [9.17, 15) is 8.78 Å². The topological polar surface area (TPSA) is 38.4 Å². The van der Waals surface area contributed by atoms with Gasteiger partial charge >= 0.3 is 0 Å². The van der Waals surface area contributed by atoms with Gasteiger partial charge in [-0.2, -0.15) is 0 Å². The smallest absolute Gasteiger partial charge is 0.266 e. The zero-order valence-corrected chi connectivity index (χ0v) is 7.51. The zero-order valence-electron chi connectivity index (χ0n) is 7.51. The largest absolute Gasteiger partial charge is 0.404 e. The predicted octanol–water partition coefficient (Wildman–Crippen LogP) is 1.82. The Kier molecular flexibility index (Phi) is 4.47. The van der Waals surface area contributed by atoms with Crippen molar-refractivity contribution in [3.05, 3.63) is 11.8 Å². The van der Waals surface area contributed by atoms with E-state index >= 15 is 0 Å². The van der Waals surface area contributed by atoms with E-state index in [4.69, 9.17) is 5.73 Å². The van der Waals surface area contributed by atoms with E-state index in [1.54, 1.807) is 13.8 Å². The van der Waals surface area contributed by atoms with Gasteiger partial charge < -0.3 is 5.73 Å². The van der Waals surface area contributed by atoms with Crippen molar-refractivity contribution in [1.82, 2.24) is 0 Å². The van der Waals surface area contributed by atoms with Gasteiger partial charge in [0.25, 0.3) is 6.43 Å². The van der Waals surface area contributed by atoms with Crippen LogP contribution in [0.2, 0.25) is 0 Å². The lowest BCUT2D eigenvalue weighted by atomic mass is 10.0. The molecule has 0 aliphatic heterocycles. The molecule has 0 aliphatic rings. The van der Waals surface area contributed by atoms with Crippen molar-refractivity contribution in [1.29, 1.82) is 0 Å². The molecule has 4 heteroatoms. The van der Waals surface area contributed by atoms with Crippen molar-refractivity contribution in [3.8, 4) is 0 Å². The van der Waals surface area contributed by atoms with Crippen molar-refractivity contribution in [3.63, 3.8) is 0 Å². The van der Waals surface area contributed by atoms with Crippen molar-refractivity contribution in [2.24, 2.45) is 16.6 Å². The first kappa shape index (κ1) is 11.1. The van der Waals surface area contributed by atoms with E-state index in [2.05, 4.69) is 4.99 Å². The van der Waals surface area contributed by atoms with Crippen LogP contribution >= 0.6 is 0 Å². The van der Waals surface area contributed by atoms with Crippen LogP contribution in [0.4, 0.5) is 8.78 Å². The van der Waals surface area contributed by atoms with E-state index in [0.717, 1.165) is 6.20 Å². The third kappa shape index (κ3) is 2.60. The van der Waals surface area contributed by atoms with Gasteiger partial charge in [-0.1, -0.05) is 13.8 Å². The molecule has 0 fully saturated rings. The number of hydrogen-bond donors (Lipinski definition) is 1. The number of nitrogens with zero attached hydrogens (tertiary/aromatic N) is 1. The molecule has 0 amide bonds. The molecule has 0 aliphatic carbocycles. The fraction of sp³-hybridized carbons (Fsp3) is 0.625. The average molecular weight is 176 g/mol. The molecule has 0 rings (SSSR count). The van der Waals surface area contributed by atoms with Gasteiger partial charge in [-0.3, -0.25) is 4.99 Å². The fourth-order valence-electron chi connectivity index (χ4n) is 0.991. The van der Waals surface area contributed by atoms with E-state index in [-0.39, 0.29) is 11.5 Å². The monoisotopic (exact) mass is 176 g/mol. The molecule has 2 nitrogen and oxygen atoms in total. The quantitative estimate of drug-likeness (QED) is 0.654. The summed E-state index contributed by atoms with van der Waals surface area (Å²) >= 11 is 0. The Hall–Kier alpha value is -0.930. The minimum absolute atomic E-state index is 0.0289. The van der Waals surface area contributed by atoms with Gasteiger partial charge in [0.15, 0.2) is 0 Å². The van der Waals surface area contributed by atoms with Crippen LogP contribution in [0.1, 0.15) is 13.8 Å². The van der Waals surface area contributed by atoms with Crippen molar-refractivity contribution >= 4 is 5.71 Å². The van der Waals surface area contributed by atoms with Gasteiger partial charge in [-0.05, 0) is 5.92 Å². The molecule has 2 N–H and O–H groups in total. The summed E-state index contributed by atoms with van der Waals surface area (Å²) in [5.41, 5.74) is 5.26. The molecule has 0 aromatic carbocycles. The van der Waals surface area contributed by atoms with Crippen LogP contribution in [-0.4, -0.2) is 19.2 Å². The molecule has 0 radical (unpaired) electrons. The molecule has 0 aromatic heterocycles. The summed E-state index contributed by atoms with van der Waals surface area (Å²) < 4.78 is 24.5. The Morgan fingerprint density at radius 1 is 1.42 bits per heavy atom. The Morgan fingerprint density at radius 2 is 1.92 bits per heavy atom. The van der Waals surface area contributed by atoms with Crippen LogP contribution in [0.5, 0.6) is 0 Å². The maximum Gasteiger partial charge on any atom is 0.266 e. The Bertz CT molecular complexity index is 173. The Labute approximate surface area is 71.2 Å². The lowest BCUT2D eigenvalue weighted by Gasteiger charge is -2.11. The highest BCUT2D eigenvalue weighted by atomic mass is 19.3. The number of rotatable bonds is 3. The van der Waals surface area contributed by atoms with Crippen LogP contribution in [0.15, 0.2) is 16.8 Å². The Morgan fingerprint density at radius 3 is 2.00 bits per heavy atom. The number of nitrogens with two attached hydrogens (primary N) is 1. The SMILES string of the molecule is CN=C(/C(=C\N)C(F)F)C(C)C. The molecule has 12 heavy (non-hydrogen) atoms. The fourth-order valence-corrected chi connectivity index (χ4v) is 0.991. The molecule has 0 heterocycles. The minimum atomic E-state index is -2.55. The predicted molar refractivity (Wildman–Crippen MR) is 46.5 cm³/mol. The molecule has 0 aromatic rings.